The van der Waals surface area contributed by atoms with E-state index in [2.05, 4.69) is 27.0 Å². The summed E-state index contributed by atoms with van der Waals surface area (Å²) < 4.78 is 12.3. The Morgan fingerprint density at radius 3 is 2.79 bits per heavy atom. The molecule has 0 amide bonds. The molecule has 3 aromatic rings. The number of aromatic nitrogens is 5. The number of ether oxygens (including phenoxy) is 2. The maximum atomic E-state index is 5.96. The average molecular weight is 328 g/mol. The highest BCUT2D eigenvalue weighted by molar-refractivity contribution is 5.59. The summed E-state index contributed by atoms with van der Waals surface area (Å²) >= 11 is 0. The van der Waals surface area contributed by atoms with Crippen LogP contribution in [0.2, 0.25) is 0 Å². The van der Waals surface area contributed by atoms with Gasteiger partial charge >= 0.3 is 6.01 Å². The molecule has 0 spiro atoms. The molecule has 0 aromatic carbocycles. The van der Waals surface area contributed by atoms with Crippen molar-refractivity contribution in [1.82, 2.24) is 24.6 Å². The number of unbranched alkanes of at least 4 members (excludes halogenated alkanes) is 1. The standard InChI is InChI=1S/C16H20N6O2/c1-3-4-7-24-16-20-14(17)15-19-9-12(22(15)21-16)8-11-5-6-13(23-2)10-18-11/h5-6,9-10H,3-4,7-8H2,1-2H3,(H2,17,20,21). The SMILES string of the molecule is CCCCOc1nc(N)c2ncc(Cc3ccc(OC)cn3)n2n1. The molecule has 3 heterocycles. The lowest BCUT2D eigenvalue weighted by Crippen LogP contribution is -2.09. The molecule has 0 fully saturated rings. The van der Waals surface area contributed by atoms with E-state index in [1.54, 1.807) is 24.0 Å². The normalized spacial score (nSPS) is 10.9. The number of hydrogen-bond donors (Lipinski definition) is 1. The fraction of sp³-hybridized carbons (Fsp3) is 0.375. The predicted molar refractivity (Wildman–Crippen MR) is 89.2 cm³/mol. The first kappa shape index (κ1) is 16.0. The smallest absolute Gasteiger partial charge is 0.336 e. The van der Waals surface area contributed by atoms with Crippen LogP contribution in [0.3, 0.4) is 0 Å². The first-order chi connectivity index (χ1) is 11.7. The number of pyridine rings is 1. The maximum absolute atomic E-state index is 5.96. The Morgan fingerprint density at radius 2 is 2.08 bits per heavy atom. The summed E-state index contributed by atoms with van der Waals surface area (Å²) in [7, 11) is 1.61. The zero-order valence-corrected chi connectivity index (χ0v) is 13.8. The Morgan fingerprint density at radius 1 is 1.21 bits per heavy atom. The lowest BCUT2D eigenvalue weighted by Gasteiger charge is -2.07. The average Bonchev–Trinajstić information content (AvgIpc) is 2.99. The van der Waals surface area contributed by atoms with Gasteiger partial charge in [-0.25, -0.2) is 9.50 Å². The third-order valence-electron chi connectivity index (χ3n) is 3.56. The van der Waals surface area contributed by atoms with Crippen LogP contribution in [0.4, 0.5) is 5.82 Å². The van der Waals surface area contributed by atoms with Crippen molar-refractivity contribution in [2.45, 2.75) is 26.2 Å². The van der Waals surface area contributed by atoms with Crippen LogP contribution in [0.1, 0.15) is 31.2 Å². The molecule has 0 saturated heterocycles. The van der Waals surface area contributed by atoms with Crippen LogP contribution in [-0.4, -0.2) is 38.3 Å². The second-order valence-electron chi connectivity index (χ2n) is 5.33. The van der Waals surface area contributed by atoms with E-state index in [4.69, 9.17) is 15.2 Å². The van der Waals surface area contributed by atoms with Gasteiger partial charge in [0.1, 0.15) is 5.75 Å². The molecule has 24 heavy (non-hydrogen) atoms. The lowest BCUT2D eigenvalue weighted by molar-refractivity contribution is 0.280. The number of methoxy groups -OCH3 is 1. The predicted octanol–water partition coefficient (Wildman–Crippen LogP) is 1.88. The number of anilines is 1. The van der Waals surface area contributed by atoms with Crippen LogP contribution in [0.15, 0.2) is 24.5 Å². The summed E-state index contributed by atoms with van der Waals surface area (Å²) in [6.45, 7) is 2.66. The monoisotopic (exact) mass is 328 g/mol. The zero-order valence-electron chi connectivity index (χ0n) is 13.8. The highest BCUT2D eigenvalue weighted by Crippen LogP contribution is 2.17. The molecule has 0 bridgehead atoms. The van der Waals surface area contributed by atoms with Gasteiger partial charge in [-0.3, -0.25) is 4.98 Å². The van der Waals surface area contributed by atoms with Crippen molar-refractivity contribution in [1.29, 1.82) is 0 Å². The molecule has 0 aliphatic heterocycles. The summed E-state index contributed by atoms with van der Waals surface area (Å²) in [5.41, 5.74) is 8.21. The highest BCUT2D eigenvalue weighted by Gasteiger charge is 2.12. The summed E-state index contributed by atoms with van der Waals surface area (Å²) in [6.07, 6.45) is 5.95. The van der Waals surface area contributed by atoms with E-state index in [1.807, 2.05) is 12.1 Å². The minimum absolute atomic E-state index is 0.260. The van der Waals surface area contributed by atoms with Crippen LogP contribution >= 0.6 is 0 Å². The van der Waals surface area contributed by atoms with E-state index in [0.29, 0.717) is 24.5 Å². The van der Waals surface area contributed by atoms with Crippen molar-refractivity contribution in [2.24, 2.45) is 0 Å². The van der Waals surface area contributed by atoms with E-state index < -0.39 is 0 Å². The minimum atomic E-state index is 0.260. The van der Waals surface area contributed by atoms with Crippen molar-refractivity contribution in [3.63, 3.8) is 0 Å². The van der Waals surface area contributed by atoms with Gasteiger partial charge in [0.2, 0.25) is 0 Å². The van der Waals surface area contributed by atoms with Crippen molar-refractivity contribution in [3.05, 3.63) is 35.9 Å². The van der Waals surface area contributed by atoms with Crippen LogP contribution in [0.25, 0.3) is 5.65 Å². The molecule has 0 saturated carbocycles. The van der Waals surface area contributed by atoms with Crippen LogP contribution in [0, 0.1) is 0 Å². The van der Waals surface area contributed by atoms with Gasteiger partial charge in [0.25, 0.3) is 0 Å². The molecule has 126 valence electrons. The first-order valence-corrected chi connectivity index (χ1v) is 7.83. The first-order valence-electron chi connectivity index (χ1n) is 7.83. The van der Waals surface area contributed by atoms with E-state index in [1.165, 1.54) is 0 Å². The number of hydrogen-bond acceptors (Lipinski definition) is 7. The summed E-state index contributed by atoms with van der Waals surface area (Å²) in [4.78, 5) is 12.8. The maximum Gasteiger partial charge on any atom is 0.336 e. The molecular weight excluding hydrogens is 308 g/mol. The van der Waals surface area contributed by atoms with Crippen LogP contribution < -0.4 is 15.2 Å². The number of imidazole rings is 1. The van der Waals surface area contributed by atoms with Gasteiger partial charge < -0.3 is 15.2 Å². The molecule has 0 unspecified atom stereocenters. The van der Waals surface area contributed by atoms with Gasteiger partial charge in [0.05, 0.1) is 31.8 Å². The summed E-state index contributed by atoms with van der Waals surface area (Å²) in [6, 6.07) is 4.03. The third-order valence-corrected chi connectivity index (χ3v) is 3.56. The van der Waals surface area contributed by atoms with Gasteiger partial charge in [-0.1, -0.05) is 13.3 Å². The molecule has 8 nitrogen and oxygen atoms in total. The molecule has 0 aliphatic carbocycles. The molecule has 3 rings (SSSR count). The molecule has 3 aromatic heterocycles. The van der Waals surface area contributed by atoms with Gasteiger partial charge in [-0.05, 0) is 18.6 Å². The summed E-state index contributed by atoms with van der Waals surface area (Å²) in [5.74, 6) is 1.01. The molecular formula is C16H20N6O2. The molecule has 8 heteroatoms. The fourth-order valence-electron chi connectivity index (χ4n) is 2.24. The third kappa shape index (κ3) is 3.37. The van der Waals surface area contributed by atoms with Gasteiger partial charge in [0, 0.05) is 12.1 Å². The number of nitrogen functional groups attached to an aromatic ring is 1. The highest BCUT2D eigenvalue weighted by atomic mass is 16.5. The number of rotatable bonds is 7. The molecule has 0 radical (unpaired) electrons. The fourth-order valence-corrected chi connectivity index (χ4v) is 2.24. The second kappa shape index (κ2) is 7.12. The van der Waals surface area contributed by atoms with Gasteiger partial charge in [-0.2, -0.15) is 4.98 Å². The minimum Gasteiger partial charge on any atom is -0.495 e. The summed E-state index contributed by atoms with van der Waals surface area (Å²) in [5, 5.41) is 4.39. The molecule has 2 N–H and O–H groups in total. The Balaban J connectivity index is 1.86. The zero-order chi connectivity index (χ0) is 16.9. The Bertz CT molecular complexity index is 815. The number of nitrogens with two attached hydrogens (primary N) is 1. The van der Waals surface area contributed by atoms with Crippen LogP contribution in [-0.2, 0) is 6.42 Å². The largest absolute Gasteiger partial charge is 0.495 e. The number of fused-ring (bicyclic) bond motifs is 1. The second-order valence-corrected chi connectivity index (χ2v) is 5.33. The lowest BCUT2D eigenvalue weighted by atomic mass is 10.2. The van der Waals surface area contributed by atoms with Crippen molar-refractivity contribution in [2.75, 3.05) is 19.5 Å². The van der Waals surface area contributed by atoms with E-state index in [0.717, 1.165) is 30.0 Å². The van der Waals surface area contributed by atoms with E-state index in [9.17, 15) is 0 Å². The van der Waals surface area contributed by atoms with E-state index >= 15 is 0 Å². The topological polar surface area (TPSA) is 100 Å². The van der Waals surface area contributed by atoms with Crippen molar-refractivity contribution in [3.8, 4) is 11.8 Å². The van der Waals surface area contributed by atoms with Crippen molar-refractivity contribution < 1.29 is 9.47 Å². The molecule has 0 atom stereocenters. The van der Waals surface area contributed by atoms with Crippen molar-refractivity contribution >= 4 is 11.5 Å². The molecule has 0 aliphatic rings. The van der Waals surface area contributed by atoms with E-state index in [-0.39, 0.29) is 6.01 Å². The quantitative estimate of drug-likeness (QED) is 0.661. The number of nitrogens with zero attached hydrogens (tertiary/aromatic N) is 5. The van der Waals surface area contributed by atoms with Crippen LogP contribution in [0.5, 0.6) is 11.8 Å². The Kier molecular flexibility index (Phi) is 4.74. The van der Waals surface area contributed by atoms with Gasteiger partial charge in [-0.15, -0.1) is 5.10 Å². The van der Waals surface area contributed by atoms with Gasteiger partial charge in [0.15, 0.2) is 11.5 Å². The Hall–Kier alpha value is -2.90. The Labute approximate surface area is 139 Å².